The molecule has 1 heterocycles. The molecule has 0 atom stereocenters. The molecule has 0 aromatic heterocycles. The van der Waals surface area contributed by atoms with Gasteiger partial charge in [-0.3, -0.25) is 4.79 Å². The summed E-state index contributed by atoms with van der Waals surface area (Å²) in [5.74, 6) is 0.0940. The third kappa shape index (κ3) is 3.49. The van der Waals surface area contributed by atoms with E-state index in [1.165, 1.54) is 0 Å². The first-order valence-electron chi connectivity index (χ1n) is 3.98. The van der Waals surface area contributed by atoms with Crippen molar-refractivity contribution in [3.8, 4) is 0 Å². The summed E-state index contributed by atoms with van der Waals surface area (Å²) in [7, 11) is 0. The lowest BCUT2D eigenvalue weighted by Crippen LogP contribution is -2.25. The van der Waals surface area contributed by atoms with Gasteiger partial charge < -0.3 is 9.47 Å². The van der Waals surface area contributed by atoms with Crippen LogP contribution >= 0.6 is 0 Å². The summed E-state index contributed by atoms with van der Waals surface area (Å²) in [4.78, 5) is 10.5. The van der Waals surface area contributed by atoms with Crippen LogP contribution in [0.4, 0.5) is 0 Å². The van der Waals surface area contributed by atoms with Crippen molar-refractivity contribution in [1.82, 2.24) is 0 Å². The molecule has 0 unspecified atom stereocenters. The molecule has 0 aromatic rings. The number of ether oxygens (including phenoxy) is 2. The fourth-order valence-corrected chi connectivity index (χ4v) is 1.08. The first-order valence-corrected chi connectivity index (χ1v) is 3.98. The number of hydrogen-bond donors (Lipinski definition) is 0. The third-order valence-corrected chi connectivity index (χ3v) is 1.69. The van der Waals surface area contributed by atoms with Gasteiger partial charge in [0, 0.05) is 13.2 Å². The minimum Gasteiger partial charge on any atom is -0.381 e. The summed E-state index contributed by atoms with van der Waals surface area (Å²) < 4.78 is 10.5. The molecular formula is C8H14O3. The zero-order valence-electron chi connectivity index (χ0n) is 6.84. The van der Waals surface area contributed by atoms with E-state index in [1.54, 1.807) is 6.92 Å². The van der Waals surface area contributed by atoms with E-state index >= 15 is 0 Å². The van der Waals surface area contributed by atoms with Crippen molar-refractivity contribution in [2.24, 2.45) is 0 Å². The van der Waals surface area contributed by atoms with Crippen molar-refractivity contribution < 1.29 is 14.3 Å². The molecule has 0 N–H and O–H groups in total. The standard InChI is InChI=1S/C8H14O3/c1-7(9)6-11-8-2-4-10-5-3-8/h8H,2-6H2,1H3. The van der Waals surface area contributed by atoms with Crippen LogP contribution < -0.4 is 0 Å². The highest BCUT2D eigenvalue weighted by molar-refractivity contribution is 5.76. The van der Waals surface area contributed by atoms with Gasteiger partial charge in [-0.2, -0.15) is 0 Å². The second-order valence-corrected chi connectivity index (χ2v) is 2.82. The molecule has 0 saturated carbocycles. The Balaban J connectivity index is 2.09. The smallest absolute Gasteiger partial charge is 0.155 e. The van der Waals surface area contributed by atoms with Crippen LogP contribution in [0.25, 0.3) is 0 Å². The van der Waals surface area contributed by atoms with E-state index in [0.29, 0.717) is 0 Å². The molecule has 0 bridgehead atoms. The van der Waals surface area contributed by atoms with Crippen LogP contribution in [0.15, 0.2) is 0 Å². The Kier molecular flexibility index (Phi) is 3.52. The molecule has 3 heteroatoms. The Hall–Kier alpha value is -0.410. The van der Waals surface area contributed by atoms with Crippen molar-refractivity contribution >= 4 is 5.78 Å². The lowest BCUT2D eigenvalue weighted by Gasteiger charge is -2.21. The molecule has 0 aromatic carbocycles. The van der Waals surface area contributed by atoms with Crippen LogP contribution in [0.2, 0.25) is 0 Å². The van der Waals surface area contributed by atoms with Gasteiger partial charge in [-0.15, -0.1) is 0 Å². The molecule has 1 aliphatic rings. The van der Waals surface area contributed by atoms with Gasteiger partial charge in [0.05, 0.1) is 6.10 Å². The van der Waals surface area contributed by atoms with Crippen LogP contribution in [-0.2, 0) is 14.3 Å². The molecule has 11 heavy (non-hydrogen) atoms. The maximum absolute atomic E-state index is 10.5. The predicted octanol–water partition coefficient (Wildman–Crippen LogP) is 0.771. The van der Waals surface area contributed by atoms with E-state index in [4.69, 9.17) is 9.47 Å². The summed E-state index contributed by atoms with van der Waals surface area (Å²) in [5.41, 5.74) is 0. The number of ketones is 1. The van der Waals surface area contributed by atoms with Gasteiger partial charge >= 0.3 is 0 Å². The summed E-state index contributed by atoms with van der Waals surface area (Å²) in [6.07, 6.45) is 2.09. The van der Waals surface area contributed by atoms with Gasteiger partial charge in [-0.25, -0.2) is 0 Å². The summed E-state index contributed by atoms with van der Waals surface area (Å²) in [6.45, 7) is 3.33. The zero-order valence-corrected chi connectivity index (χ0v) is 6.84. The number of carbonyl (C=O) groups is 1. The molecule has 1 saturated heterocycles. The minimum absolute atomic E-state index is 0.0940. The van der Waals surface area contributed by atoms with Crippen LogP contribution in [0.1, 0.15) is 19.8 Å². The highest BCUT2D eigenvalue weighted by atomic mass is 16.5. The third-order valence-electron chi connectivity index (χ3n) is 1.69. The summed E-state index contributed by atoms with van der Waals surface area (Å²) in [5, 5.41) is 0. The SMILES string of the molecule is CC(=O)COC1CCOCC1. The highest BCUT2D eigenvalue weighted by Gasteiger charge is 2.13. The molecule has 0 aliphatic carbocycles. The number of Topliss-reactive ketones (excluding diaryl/α,β-unsaturated/α-hetero) is 1. The first kappa shape index (κ1) is 8.68. The maximum atomic E-state index is 10.5. The van der Waals surface area contributed by atoms with Gasteiger partial charge in [-0.05, 0) is 19.8 Å². The van der Waals surface area contributed by atoms with Crippen LogP contribution in [0.5, 0.6) is 0 Å². The van der Waals surface area contributed by atoms with E-state index in [2.05, 4.69) is 0 Å². The summed E-state index contributed by atoms with van der Waals surface area (Å²) in [6, 6.07) is 0. The van der Waals surface area contributed by atoms with Gasteiger partial charge in [0.15, 0.2) is 5.78 Å². The Morgan fingerprint density at radius 3 is 2.73 bits per heavy atom. The first-order chi connectivity index (χ1) is 5.29. The Bertz CT molecular complexity index is 127. The largest absolute Gasteiger partial charge is 0.381 e. The molecule has 1 rings (SSSR count). The monoisotopic (exact) mass is 158 g/mol. The lowest BCUT2D eigenvalue weighted by molar-refractivity contribution is -0.125. The molecule has 3 nitrogen and oxygen atoms in total. The topological polar surface area (TPSA) is 35.5 Å². The van der Waals surface area contributed by atoms with Crippen molar-refractivity contribution in [3.63, 3.8) is 0 Å². The van der Waals surface area contributed by atoms with E-state index < -0.39 is 0 Å². The van der Waals surface area contributed by atoms with Crippen LogP contribution in [-0.4, -0.2) is 31.7 Å². The zero-order chi connectivity index (χ0) is 8.10. The minimum atomic E-state index is 0.0940. The molecule has 1 aliphatic heterocycles. The number of rotatable bonds is 3. The lowest BCUT2D eigenvalue weighted by atomic mass is 10.1. The van der Waals surface area contributed by atoms with Gasteiger partial charge in [-0.1, -0.05) is 0 Å². The van der Waals surface area contributed by atoms with E-state index in [-0.39, 0.29) is 18.5 Å². The molecule has 0 spiro atoms. The van der Waals surface area contributed by atoms with Crippen LogP contribution in [0.3, 0.4) is 0 Å². The second-order valence-electron chi connectivity index (χ2n) is 2.82. The van der Waals surface area contributed by atoms with E-state index in [1.807, 2.05) is 0 Å². The Labute approximate surface area is 66.7 Å². The number of hydrogen-bond acceptors (Lipinski definition) is 3. The molecule has 0 radical (unpaired) electrons. The fraction of sp³-hybridized carbons (Fsp3) is 0.875. The molecule has 0 amide bonds. The van der Waals surface area contributed by atoms with E-state index in [0.717, 1.165) is 26.1 Å². The average Bonchev–Trinajstić information content (AvgIpc) is 2.03. The van der Waals surface area contributed by atoms with Crippen molar-refractivity contribution in [3.05, 3.63) is 0 Å². The van der Waals surface area contributed by atoms with Crippen LogP contribution in [0, 0.1) is 0 Å². The van der Waals surface area contributed by atoms with Crippen molar-refractivity contribution in [1.29, 1.82) is 0 Å². The Morgan fingerprint density at radius 2 is 2.18 bits per heavy atom. The summed E-state index contributed by atoms with van der Waals surface area (Å²) >= 11 is 0. The molecule has 1 fully saturated rings. The maximum Gasteiger partial charge on any atom is 0.155 e. The predicted molar refractivity (Wildman–Crippen MR) is 40.5 cm³/mol. The van der Waals surface area contributed by atoms with Gasteiger partial charge in [0.2, 0.25) is 0 Å². The quantitative estimate of drug-likeness (QED) is 0.608. The highest BCUT2D eigenvalue weighted by Crippen LogP contribution is 2.09. The fourth-order valence-electron chi connectivity index (χ4n) is 1.08. The van der Waals surface area contributed by atoms with Gasteiger partial charge in [0.1, 0.15) is 6.61 Å². The second kappa shape index (κ2) is 4.46. The number of carbonyl (C=O) groups excluding carboxylic acids is 1. The van der Waals surface area contributed by atoms with Crippen molar-refractivity contribution in [2.45, 2.75) is 25.9 Å². The van der Waals surface area contributed by atoms with Crippen molar-refractivity contribution in [2.75, 3.05) is 19.8 Å². The molecule has 64 valence electrons. The average molecular weight is 158 g/mol. The normalized spacial score (nSPS) is 20.1. The van der Waals surface area contributed by atoms with Gasteiger partial charge in [0.25, 0.3) is 0 Å². The molecular weight excluding hydrogens is 144 g/mol. The van der Waals surface area contributed by atoms with E-state index in [9.17, 15) is 4.79 Å². The Morgan fingerprint density at radius 1 is 1.55 bits per heavy atom.